The van der Waals surface area contributed by atoms with Gasteiger partial charge in [0.2, 0.25) is 5.91 Å². The molecule has 1 aliphatic heterocycles. The molecule has 1 amide bonds. The number of benzene rings is 1. The minimum Gasteiger partial charge on any atom is -0.493 e. The van der Waals surface area contributed by atoms with Crippen LogP contribution in [0.25, 0.3) is 0 Å². The van der Waals surface area contributed by atoms with Gasteiger partial charge in [-0.15, -0.1) is 11.8 Å². The Labute approximate surface area is 158 Å². The number of aliphatic carboxylic acids is 1. The van der Waals surface area contributed by atoms with Crippen molar-refractivity contribution in [2.24, 2.45) is 5.92 Å². The highest BCUT2D eigenvalue weighted by Crippen LogP contribution is 2.32. The van der Waals surface area contributed by atoms with Gasteiger partial charge in [-0.2, -0.15) is 0 Å². The van der Waals surface area contributed by atoms with E-state index in [-0.39, 0.29) is 12.3 Å². The Hall–Kier alpha value is -1.89. The lowest BCUT2D eigenvalue weighted by Gasteiger charge is -2.32. The Morgan fingerprint density at radius 2 is 2.00 bits per heavy atom. The molecule has 1 unspecified atom stereocenters. The van der Waals surface area contributed by atoms with Gasteiger partial charge in [0.25, 0.3) is 0 Å². The van der Waals surface area contributed by atoms with E-state index in [4.69, 9.17) is 14.6 Å². The second-order valence-corrected chi connectivity index (χ2v) is 7.56. The lowest BCUT2D eigenvalue weighted by molar-refractivity contribution is -0.137. The fraction of sp³-hybridized carbons (Fsp3) is 0.579. The molecule has 1 saturated heterocycles. The molecule has 0 bridgehead atoms. The van der Waals surface area contributed by atoms with Crippen molar-refractivity contribution >= 4 is 23.6 Å². The molecule has 26 heavy (non-hydrogen) atoms. The Morgan fingerprint density at radius 1 is 1.23 bits per heavy atom. The van der Waals surface area contributed by atoms with Gasteiger partial charge in [0.1, 0.15) is 0 Å². The minimum atomic E-state index is -0.764. The number of ether oxygens (including phenoxy) is 2. The van der Waals surface area contributed by atoms with Crippen molar-refractivity contribution in [3.63, 3.8) is 0 Å². The summed E-state index contributed by atoms with van der Waals surface area (Å²) in [7, 11) is 3.21. The number of carbonyl (C=O) groups is 2. The van der Waals surface area contributed by atoms with E-state index in [0.29, 0.717) is 42.6 Å². The number of hydrogen-bond acceptors (Lipinski definition) is 5. The first kappa shape index (κ1) is 20.4. The van der Waals surface area contributed by atoms with Gasteiger partial charge in [0.05, 0.1) is 14.2 Å². The van der Waals surface area contributed by atoms with Crippen molar-refractivity contribution in [3.05, 3.63) is 18.2 Å². The van der Waals surface area contributed by atoms with Gasteiger partial charge in [0, 0.05) is 36.6 Å². The van der Waals surface area contributed by atoms with Crippen LogP contribution >= 0.6 is 11.8 Å². The summed E-state index contributed by atoms with van der Waals surface area (Å²) >= 11 is 1.62. The molecule has 6 nitrogen and oxygen atoms in total. The monoisotopic (exact) mass is 381 g/mol. The molecule has 2 rings (SSSR count). The van der Waals surface area contributed by atoms with Crippen LogP contribution in [-0.2, 0) is 9.59 Å². The van der Waals surface area contributed by atoms with Gasteiger partial charge in [0.15, 0.2) is 11.5 Å². The highest BCUT2D eigenvalue weighted by molar-refractivity contribution is 7.99. The van der Waals surface area contributed by atoms with Crippen LogP contribution in [0.3, 0.4) is 0 Å². The highest BCUT2D eigenvalue weighted by atomic mass is 32.2. The fourth-order valence-electron chi connectivity index (χ4n) is 3.18. The molecule has 1 aliphatic rings. The number of hydrogen-bond donors (Lipinski definition) is 1. The molecule has 144 valence electrons. The van der Waals surface area contributed by atoms with E-state index in [0.717, 1.165) is 24.3 Å². The van der Waals surface area contributed by atoms with E-state index in [1.165, 1.54) is 0 Å². The first-order valence-electron chi connectivity index (χ1n) is 8.88. The van der Waals surface area contributed by atoms with Crippen LogP contribution < -0.4 is 9.47 Å². The van der Waals surface area contributed by atoms with Crippen LogP contribution in [0, 0.1) is 5.92 Å². The first-order valence-corrected chi connectivity index (χ1v) is 9.86. The highest BCUT2D eigenvalue weighted by Gasteiger charge is 2.23. The standard InChI is InChI=1S/C19H27NO5S/c1-24-16-7-6-15(12-17(16)25-2)26-11-9-18(21)20-10-3-4-14(13-20)5-8-19(22)23/h6-7,12,14H,3-5,8-11,13H2,1-2H3,(H,22,23). The number of likely N-dealkylation sites (tertiary alicyclic amines) is 1. The van der Waals surface area contributed by atoms with Crippen molar-refractivity contribution in [1.82, 2.24) is 4.90 Å². The van der Waals surface area contributed by atoms with E-state index in [1.807, 2.05) is 23.1 Å². The molecule has 1 fully saturated rings. The largest absolute Gasteiger partial charge is 0.493 e. The maximum absolute atomic E-state index is 12.4. The molecule has 0 aliphatic carbocycles. The Balaban J connectivity index is 1.78. The molecule has 1 N–H and O–H groups in total. The van der Waals surface area contributed by atoms with Crippen molar-refractivity contribution in [3.8, 4) is 11.5 Å². The Bertz CT molecular complexity index is 622. The smallest absolute Gasteiger partial charge is 0.303 e. The fourth-order valence-corrected chi connectivity index (χ4v) is 4.04. The van der Waals surface area contributed by atoms with Gasteiger partial charge >= 0.3 is 5.97 Å². The molecule has 7 heteroatoms. The van der Waals surface area contributed by atoms with Crippen LogP contribution in [0.1, 0.15) is 32.1 Å². The second-order valence-electron chi connectivity index (χ2n) is 6.40. The summed E-state index contributed by atoms with van der Waals surface area (Å²) in [6.07, 6.45) is 3.28. The number of rotatable bonds is 9. The third kappa shape index (κ3) is 6.12. The van der Waals surface area contributed by atoms with Crippen LogP contribution in [0.2, 0.25) is 0 Å². The number of carboxylic acids is 1. The maximum Gasteiger partial charge on any atom is 0.303 e. The number of methoxy groups -OCH3 is 2. The van der Waals surface area contributed by atoms with Crippen molar-refractivity contribution < 1.29 is 24.2 Å². The first-order chi connectivity index (χ1) is 12.5. The zero-order valence-electron chi connectivity index (χ0n) is 15.4. The van der Waals surface area contributed by atoms with Crippen LogP contribution in [-0.4, -0.2) is 54.9 Å². The van der Waals surface area contributed by atoms with Crippen LogP contribution in [0.4, 0.5) is 0 Å². The number of carboxylic acid groups (broad SMARTS) is 1. The molecule has 0 spiro atoms. The number of thioether (sulfide) groups is 1. The van der Waals surface area contributed by atoms with Gasteiger partial charge in [-0.25, -0.2) is 0 Å². The summed E-state index contributed by atoms with van der Waals surface area (Å²) in [6.45, 7) is 1.47. The summed E-state index contributed by atoms with van der Waals surface area (Å²) in [6, 6.07) is 5.73. The van der Waals surface area contributed by atoms with Crippen LogP contribution in [0.5, 0.6) is 11.5 Å². The Morgan fingerprint density at radius 3 is 2.69 bits per heavy atom. The van der Waals surface area contributed by atoms with Crippen molar-refractivity contribution in [1.29, 1.82) is 0 Å². The number of nitrogens with zero attached hydrogens (tertiary/aromatic N) is 1. The van der Waals surface area contributed by atoms with Crippen molar-refractivity contribution in [2.45, 2.75) is 37.0 Å². The van der Waals surface area contributed by atoms with E-state index in [1.54, 1.807) is 26.0 Å². The van der Waals surface area contributed by atoms with Gasteiger partial charge in [-0.3, -0.25) is 9.59 Å². The van der Waals surface area contributed by atoms with Gasteiger partial charge < -0.3 is 19.5 Å². The predicted octanol–water partition coefficient (Wildman–Crippen LogP) is 3.29. The number of piperidine rings is 1. The average molecular weight is 381 g/mol. The normalized spacial score (nSPS) is 17.0. The summed E-state index contributed by atoms with van der Waals surface area (Å²) in [5.41, 5.74) is 0. The second kappa shape index (κ2) is 10.3. The van der Waals surface area contributed by atoms with Gasteiger partial charge in [-0.1, -0.05) is 0 Å². The van der Waals surface area contributed by atoms with E-state index in [9.17, 15) is 9.59 Å². The van der Waals surface area contributed by atoms with Crippen LogP contribution in [0.15, 0.2) is 23.1 Å². The lowest BCUT2D eigenvalue weighted by atomic mass is 9.93. The number of carbonyl (C=O) groups excluding carboxylic acids is 1. The summed E-state index contributed by atoms with van der Waals surface area (Å²) < 4.78 is 10.5. The summed E-state index contributed by atoms with van der Waals surface area (Å²) in [4.78, 5) is 26.1. The van der Waals surface area contributed by atoms with E-state index < -0.39 is 5.97 Å². The van der Waals surface area contributed by atoms with Gasteiger partial charge in [-0.05, 0) is 43.4 Å². The maximum atomic E-state index is 12.4. The molecule has 1 aromatic carbocycles. The quantitative estimate of drug-likeness (QED) is 0.662. The summed E-state index contributed by atoms with van der Waals surface area (Å²) in [5, 5.41) is 8.81. The zero-order valence-corrected chi connectivity index (χ0v) is 16.2. The molecule has 1 heterocycles. The molecule has 0 radical (unpaired) electrons. The predicted molar refractivity (Wildman–Crippen MR) is 101 cm³/mol. The third-order valence-electron chi connectivity index (χ3n) is 4.58. The summed E-state index contributed by atoms with van der Waals surface area (Å²) in [5.74, 6) is 1.76. The van der Waals surface area contributed by atoms with E-state index in [2.05, 4.69) is 0 Å². The lowest BCUT2D eigenvalue weighted by Crippen LogP contribution is -2.40. The molecular formula is C19H27NO5S. The SMILES string of the molecule is COc1ccc(SCCC(=O)N2CCCC(CCC(=O)O)C2)cc1OC. The molecule has 0 saturated carbocycles. The minimum absolute atomic E-state index is 0.151. The molecule has 1 aromatic rings. The number of amides is 1. The third-order valence-corrected chi connectivity index (χ3v) is 5.57. The van der Waals surface area contributed by atoms with Crippen molar-refractivity contribution in [2.75, 3.05) is 33.1 Å². The molecule has 0 aromatic heterocycles. The average Bonchev–Trinajstić information content (AvgIpc) is 2.66. The molecule has 1 atom stereocenters. The topological polar surface area (TPSA) is 76.1 Å². The zero-order chi connectivity index (χ0) is 18.9. The van der Waals surface area contributed by atoms with E-state index >= 15 is 0 Å². The Kier molecular flexibility index (Phi) is 8.09. The molecular weight excluding hydrogens is 354 g/mol.